The maximum atomic E-state index is 12.7. The molecule has 5 aromatic rings. The van der Waals surface area contributed by atoms with Crippen molar-refractivity contribution in [3.63, 3.8) is 0 Å². The molecular weight excluding hydrogens is 1160 g/mol. The number of alkyl halides is 6. The molecule has 5 aromatic carbocycles. The van der Waals surface area contributed by atoms with Crippen molar-refractivity contribution in [2.45, 2.75) is 39.9 Å². The van der Waals surface area contributed by atoms with Crippen molar-refractivity contribution in [3.05, 3.63) is 157 Å². The predicted octanol–water partition coefficient (Wildman–Crippen LogP) is 15.2. The van der Waals surface area contributed by atoms with Crippen molar-refractivity contribution in [2.75, 3.05) is 0 Å². The third-order valence-corrected chi connectivity index (χ3v) is 12.2. The Hall–Kier alpha value is -2.58. The molecule has 2 nitrogen and oxygen atoms in total. The van der Waals surface area contributed by atoms with Crippen molar-refractivity contribution in [1.82, 2.24) is 0 Å². The van der Waals surface area contributed by atoms with E-state index in [1.165, 1.54) is 35.4 Å². The Bertz CT molecular complexity index is 2290. The van der Waals surface area contributed by atoms with Crippen molar-refractivity contribution in [1.29, 1.82) is 0 Å². The van der Waals surface area contributed by atoms with E-state index in [1.807, 2.05) is 96.3 Å². The minimum atomic E-state index is -4.75. The number of aryl methyl sites for hydroxylation is 1. The maximum Gasteiger partial charge on any atom is 0.573 e. The van der Waals surface area contributed by atoms with Crippen LogP contribution in [0.25, 0.3) is 33.4 Å². The molecule has 0 heterocycles. The summed E-state index contributed by atoms with van der Waals surface area (Å²) in [6, 6.07) is 27.5. The molecule has 0 aliphatic carbocycles. The highest BCUT2D eigenvalue weighted by atomic mass is 127. The van der Waals surface area contributed by atoms with Crippen LogP contribution >= 0.6 is 90.4 Å². The van der Waals surface area contributed by atoms with Crippen molar-refractivity contribution >= 4 is 102 Å². The van der Waals surface area contributed by atoms with Crippen LogP contribution < -0.4 is 9.47 Å². The standard InChI is InChI=1S/C42H30F6I4O2/c1-23(2)33(13-5-24(3)35-15-11-31(21-39(35)51)53-41(43,44)45)27-6-8-29(37(49)19-27)18-30-9-7-28(20-38(30)50)34-14-10-26(17-25(34)4)36-16-12-32(22-40(36)52)54-42(46,47)48/h5-17,19-22H,1,18H2,2-4H3/b24-5+,33-13+. The van der Waals surface area contributed by atoms with E-state index >= 15 is 0 Å². The molecule has 0 N–H and O–H groups in total. The monoisotopic (exact) mass is 1190 g/mol. The van der Waals surface area contributed by atoms with Gasteiger partial charge < -0.3 is 9.47 Å². The predicted molar refractivity (Wildman–Crippen MR) is 238 cm³/mol. The Labute approximate surface area is 364 Å². The zero-order valence-electron chi connectivity index (χ0n) is 28.8. The fourth-order valence-corrected chi connectivity index (χ4v) is 8.92. The third kappa shape index (κ3) is 11.3. The lowest BCUT2D eigenvalue weighted by atomic mass is 9.94. The lowest BCUT2D eigenvalue weighted by molar-refractivity contribution is -0.275. The molecule has 280 valence electrons. The zero-order valence-corrected chi connectivity index (χ0v) is 37.5. The van der Waals surface area contributed by atoms with Gasteiger partial charge in [-0.2, -0.15) is 0 Å². The first-order valence-electron chi connectivity index (χ1n) is 16.1. The molecule has 0 fully saturated rings. The topological polar surface area (TPSA) is 18.5 Å². The molecule has 0 radical (unpaired) electrons. The van der Waals surface area contributed by atoms with Crippen molar-refractivity contribution in [3.8, 4) is 33.8 Å². The Balaban J connectivity index is 1.32. The third-order valence-electron chi connectivity index (χ3n) is 8.38. The maximum absolute atomic E-state index is 12.7. The van der Waals surface area contributed by atoms with Gasteiger partial charge >= 0.3 is 12.7 Å². The average Bonchev–Trinajstić information content (AvgIpc) is 3.05. The van der Waals surface area contributed by atoms with Crippen LogP contribution in [-0.2, 0) is 6.42 Å². The van der Waals surface area contributed by atoms with Gasteiger partial charge in [0.1, 0.15) is 11.5 Å². The number of benzene rings is 5. The SMILES string of the molecule is C=C(C)/C(=C\C=C(/C)c1ccc(OC(F)(F)F)cc1I)c1ccc(Cc2ccc(-c3ccc(-c4ccc(OC(F)(F)F)cc4I)cc3C)cc2I)c(I)c1. The van der Waals surface area contributed by atoms with Gasteiger partial charge in [-0.25, -0.2) is 0 Å². The number of hydrogen-bond acceptors (Lipinski definition) is 2. The minimum absolute atomic E-state index is 0.248. The quantitative estimate of drug-likeness (QED) is 0.0788. The molecule has 0 spiro atoms. The van der Waals surface area contributed by atoms with E-state index in [9.17, 15) is 26.3 Å². The first-order valence-corrected chi connectivity index (χ1v) is 20.4. The van der Waals surface area contributed by atoms with Gasteiger partial charge in [0.05, 0.1) is 0 Å². The summed E-state index contributed by atoms with van der Waals surface area (Å²) in [6.07, 6.45) is -4.82. The van der Waals surface area contributed by atoms with E-state index in [-0.39, 0.29) is 11.5 Å². The Kier molecular flexibility index (Phi) is 13.9. The van der Waals surface area contributed by atoms with Crippen LogP contribution in [0.2, 0.25) is 0 Å². The Morgan fingerprint density at radius 2 is 1.15 bits per heavy atom. The number of halogens is 10. The largest absolute Gasteiger partial charge is 0.573 e. The molecule has 0 unspecified atom stereocenters. The first-order chi connectivity index (χ1) is 25.3. The summed E-state index contributed by atoms with van der Waals surface area (Å²) < 4.78 is 87.7. The number of rotatable bonds is 10. The van der Waals surface area contributed by atoms with Crippen LogP contribution in [0.15, 0.2) is 115 Å². The first kappa shape index (κ1) is 42.6. The summed E-state index contributed by atoms with van der Waals surface area (Å²) in [4.78, 5) is 0. The second-order valence-corrected chi connectivity index (χ2v) is 17.1. The fraction of sp³-hybridized carbons (Fsp3) is 0.143. The second kappa shape index (κ2) is 17.7. The van der Waals surface area contributed by atoms with E-state index in [2.05, 4.69) is 97.6 Å². The van der Waals surface area contributed by atoms with Gasteiger partial charge in [-0.1, -0.05) is 66.8 Å². The molecule has 0 amide bonds. The molecule has 12 heteroatoms. The molecule has 0 saturated heterocycles. The van der Waals surface area contributed by atoms with Gasteiger partial charge in [-0.05, 0) is 227 Å². The van der Waals surface area contributed by atoms with Crippen LogP contribution in [-0.4, -0.2) is 12.7 Å². The van der Waals surface area contributed by atoms with Gasteiger partial charge in [0.2, 0.25) is 0 Å². The zero-order chi connectivity index (χ0) is 39.5. The Morgan fingerprint density at radius 1 is 0.611 bits per heavy atom. The van der Waals surface area contributed by atoms with E-state index < -0.39 is 12.7 Å². The summed E-state index contributed by atoms with van der Waals surface area (Å²) in [5.41, 5.74) is 11.8. The number of ether oxygens (including phenoxy) is 2. The minimum Gasteiger partial charge on any atom is -0.406 e. The highest BCUT2D eigenvalue weighted by molar-refractivity contribution is 14.1. The molecular formula is C42H30F6I4O2. The van der Waals surface area contributed by atoms with E-state index in [4.69, 9.17) is 0 Å². The highest BCUT2D eigenvalue weighted by Gasteiger charge is 2.32. The summed E-state index contributed by atoms with van der Waals surface area (Å²) in [6.45, 7) is 10.1. The molecule has 0 bridgehead atoms. The normalized spacial score (nSPS) is 12.5. The van der Waals surface area contributed by atoms with Gasteiger partial charge in [0.25, 0.3) is 0 Å². The van der Waals surface area contributed by atoms with Gasteiger partial charge in [0.15, 0.2) is 0 Å². The lowest BCUT2D eigenvalue weighted by Crippen LogP contribution is -2.17. The molecule has 0 saturated carbocycles. The molecule has 0 aliphatic rings. The summed E-state index contributed by atoms with van der Waals surface area (Å²) in [7, 11) is 0. The average molecular weight is 1190 g/mol. The van der Waals surface area contributed by atoms with Crippen LogP contribution in [0.3, 0.4) is 0 Å². The smallest absolute Gasteiger partial charge is 0.406 e. The van der Waals surface area contributed by atoms with Gasteiger partial charge in [-0.3, -0.25) is 0 Å². The van der Waals surface area contributed by atoms with Crippen LogP contribution in [0.5, 0.6) is 11.5 Å². The summed E-state index contributed by atoms with van der Waals surface area (Å²) in [5.74, 6) is -0.505. The molecule has 0 atom stereocenters. The lowest BCUT2D eigenvalue weighted by Gasteiger charge is -2.14. The van der Waals surface area contributed by atoms with Gasteiger partial charge in [-0.15, -0.1) is 26.3 Å². The van der Waals surface area contributed by atoms with E-state index in [0.29, 0.717) is 7.14 Å². The summed E-state index contributed by atoms with van der Waals surface area (Å²) in [5, 5.41) is 0. The second-order valence-electron chi connectivity index (χ2n) is 12.4. The van der Waals surface area contributed by atoms with Crippen LogP contribution in [0.4, 0.5) is 26.3 Å². The van der Waals surface area contributed by atoms with Crippen LogP contribution in [0, 0.1) is 21.2 Å². The fourth-order valence-electron chi connectivity index (χ4n) is 5.80. The molecule has 5 rings (SSSR count). The van der Waals surface area contributed by atoms with Crippen molar-refractivity contribution in [2.24, 2.45) is 0 Å². The number of allylic oxidation sites excluding steroid dienone is 5. The van der Waals surface area contributed by atoms with Crippen LogP contribution in [0.1, 0.15) is 41.7 Å². The molecule has 0 aromatic heterocycles. The van der Waals surface area contributed by atoms with Gasteiger partial charge in [0, 0.05) is 14.3 Å². The van der Waals surface area contributed by atoms with Crippen molar-refractivity contribution < 1.29 is 35.8 Å². The molecule has 54 heavy (non-hydrogen) atoms. The number of hydrogen-bond donors (Lipinski definition) is 0. The highest BCUT2D eigenvalue weighted by Crippen LogP contribution is 2.36. The molecule has 0 aliphatic heterocycles. The summed E-state index contributed by atoms with van der Waals surface area (Å²) >= 11 is 8.77. The Morgan fingerprint density at radius 3 is 1.69 bits per heavy atom. The van der Waals surface area contributed by atoms with E-state index in [1.54, 1.807) is 12.1 Å². The van der Waals surface area contributed by atoms with E-state index in [0.717, 1.165) is 69.2 Å².